The van der Waals surface area contributed by atoms with Crippen LogP contribution in [0.3, 0.4) is 0 Å². The van der Waals surface area contributed by atoms with Crippen LogP contribution in [-0.4, -0.2) is 11.1 Å². The van der Waals surface area contributed by atoms with Crippen molar-refractivity contribution in [2.24, 2.45) is 0 Å². The SMILES string of the molecule is Cc1c(CCC(=O)O)c(=O)oc2cc(OCc3ccc(C(C)(C)C)cc3)ccc12. The molecular formula is C24H26O5. The molecule has 0 saturated heterocycles. The molecular weight excluding hydrogens is 368 g/mol. The zero-order valence-electron chi connectivity index (χ0n) is 17.2. The summed E-state index contributed by atoms with van der Waals surface area (Å²) in [7, 11) is 0. The van der Waals surface area contributed by atoms with Gasteiger partial charge in [-0.3, -0.25) is 4.79 Å². The van der Waals surface area contributed by atoms with Gasteiger partial charge in [0, 0.05) is 23.4 Å². The average molecular weight is 394 g/mol. The minimum absolute atomic E-state index is 0.105. The summed E-state index contributed by atoms with van der Waals surface area (Å²) >= 11 is 0. The van der Waals surface area contributed by atoms with Gasteiger partial charge in [-0.15, -0.1) is 0 Å². The Hall–Kier alpha value is -3.08. The fraction of sp³-hybridized carbons (Fsp3) is 0.333. The van der Waals surface area contributed by atoms with Crippen LogP contribution in [0.25, 0.3) is 11.0 Å². The molecule has 152 valence electrons. The summed E-state index contributed by atoms with van der Waals surface area (Å²) < 4.78 is 11.3. The lowest BCUT2D eigenvalue weighted by atomic mass is 9.87. The number of hydrogen-bond acceptors (Lipinski definition) is 4. The Bertz CT molecular complexity index is 1090. The Balaban J connectivity index is 1.78. The van der Waals surface area contributed by atoms with E-state index in [1.54, 1.807) is 6.07 Å². The van der Waals surface area contributed by atoms with E-state index in [1.807, 2.05) is 19.1 Å². The van der Waals surface area contributed by atoms with Gasteiger partial charge >= 0.3 is 11.6 Å². The van der Waals surface area contributed by atoms with E-state index in [-0.39, 0.29) is 18.3 Å². The number of benzene rings is 2. The summed E-state index contributed by atoms with van der Waals surface area (Å²) in [6, 6.07) is 13.7. The normalized spacial score (nSPS) is 11.6. The highest BCUT2D eigenvalue weighted by Crippen LogP contribution is 2.26. The first-order chi connectivity index (χ1) is 13.6. The maximum Gasteiger partial charge on any atom is 0.339 e. The zero-order chi connectivity index (χ0) is 21.2. The molecule has 1 aromatic heterocycles. The number of aliphatic carboxylic acids is 1. The molecule has 29 heavy (non-hydrogen) atoms. The minimum Gasteiger partial charge on any atom is -0.489 e. The Labute approximate surface area is 169 Å². The van der Waals surface area contributed by atoms with Crippen LogP contribution in [0.15, 0.2) is 51.7 Å². The maximum absolute atomic E-state index is 12.3. The highest BCUT2D eigenvalue weighted by Gasteiger charge is 2.14. The second-order valence-electron chi connectivity index (χ2n) is 8.28. The monoisotopic (exact) mass is 394 g/mol. The number of rotatable bonds is 6. The van der Waals surface area contributed by atoms with E-state index < -0.39 is 11.6 Å². The van der Waals surface area contributed by atoms with E-state index in [9.17, 15) is 9.59 Å². The number of hydrogen-bond donors (Lipinski definition) is 1. The van der Waals surface area contributed by atoms with Crippen LogP contribution in [0.1, 0.15) is 49.4 Å². The second kappa shape index (κ2) is 8.11. The van der Waals surface area contributed by atoms with Crippen LogP contribution in [0.4, 0.5) is 0 Å². The predicted molar refractivity (Wildman–Crippen MR) is 113 cm³/mol. The van der Waals surface area contributed by atoms with Crippen LogP contribution >= 0.6 is 0 Å². The first-order valence-corrected chi connectivity index (χ1v) is 9.65. The van der Waals surface area contributed by atoms with E-state index in [1.165, 1.54) is 5.56 Å². The number of aryl methyl sites for hydroxylation is 1. The summed E-state index contributed by atoms with van der Waals surface area (Å²) in [5.41, 5.74) is 3.53. The van der Waals surface area contributed by atoms with Crippen LogP contribution in [0.5, 0.6) is 5.75 Å². The molecule has 0 fully saturated rings. The van der Waals surface area contributed by atoms with Crippen molar-refractivity contribution in [3.63, 3.8) is 0 Å². The molecule has 0 radical (unpaired) electrons. The first-order valence-electron chi connectivity index (χ1n) is 9.65. The molecule has 2 aromatic carbocycles. The Kier molecular flexibility index (Phi) is 5.78. The number of carboxylic acid groups (broad SMARTS) is 1. The van der Waals surface area contributed by atoms with Gasteiger partial charge in [0.25, 0.3) is 0 Å². The highest BCUT2D eigenvalue weighted by molar-refractivity contribution is 5.82. The Morgan fingerprint density at radius 2 is 1.79 bits per heavy atom. The smallest absolute Gasteiger partial charge is 0.339 e. The van der Waals surface area contributed by atoms with Crippen LogP contribution in [0, 0.1) is 6.92 Å². The van der Waals surface area contributed by atoms with E-state index in [4.69, 9.17) is 14.3 Å². The molecule has 1 heterocycles. The van der Waals surface area contributed by atoms with Crippen molar-refractivity contribution in [2.75, 3.05) is 0 Å². The van der Waals surface area contributed by atoms with Crippen LogP contribution in [0.2, 0.25) is 0 Å². The second-order valence-corrected chi connectivity index (χ2v) is 8.28. The summed E-state index contributed by atoms with van der Waals surface area (Å²) in [6.07, 6.45) is 0.0502. The van der Waals surface area contributed by atoms with Crippen molar-refractivity contribution in [3.8, 4) is 5.75 Å². The zero-order valence-corrected chi connectivity index (χ0v) is 17.2. The van der Waals surface area contributed by atoms with Gasteiger partial charge in [-0.1, -0.05) is 45.0 Å². The number of ether oxygens (including phenoxy) is 1. The molecule has 3 aromatic rings. The fourth-order valence-electron chi connectivity index (χ4n) is 3.25. The van der Waals surface area contributed by atoms with Crippen LogP contribution < -0.4 is 10.4 Å². The molecule has 5 heteroatoms. The summed E-state index contributed by atoms with van der Waals surface area (Å²) in [5, 5.41) is 9.65. The summed E-state index contributed by atoms with van der Waals surface area (Å²) in [5.74, 6) is -0.332. The van der Waals surface area contributed by atoms with Gasteiger partial charge in [0.15, 0.2) is 0 Å². The van der Waals surface area contributed by atoms with Crippen molar-refractivity contribution in [1.29, 1.82) is 0 Å². The molecule has 0 amide bonds. The van der Waals surface area contributed by atoms with E-state index in [0.717, 1.165) is 16.5 Å². The van der Waals surface area contributed by atoms with Gasteiger partial charge in [0.05, 0.1) is 0 Å². The van der Waals surface area contributed by atoms with Crippen molar-refractivity contribution in [1.82, 2.24) is 0 Å². The van der Waals surface area contributed by atoms with E-state index in [2.05, 4.69) is 45.0 Å². The number of fused-ring (bicyclic) bond motifs is 1. The molecule has 0 atom stereocenters. The largest absolute Gasteiger partial charge is 0.489 e. The standard InChI is InChI=1S/C24H26O5/c1-15-19-10-9-18(13-21(19)29-23(27)20(15)11-12-22(25)26)28-14-16-5-7-17(8-6-16)24(2,3)4/h5-10,13H,11-12,14H2,1-4H3,(H,25,26). The van der Waals surface area contributed by atoms with E-state index >= 15 is 0 Å². The van der Waals surface area contributed by atoms with Crippen molar-refractivity contribution < 1.29 is 19.1 Å². The van der Waals surface area contributed by atoms with Gasteiger partial charge in [-0.2, -0.15) is 0 Å². The molecule has 0 aliphatic heterocycles. The van der Waals surface area contributed by atoms with Crippen molar-refractivity contribution >= 4 is 16.9 Å². The molecule has 3 rings (SSSR count). The first kappa shape index (κ1) is 20.6. The fourth-order valence-corrected chi connectivity index (χ4v) is 3.25. The van der Waals surface area contributed by atoms with Gasteiger partial charge in [-0.25, -0.2) is 4.79 Å². The third-order valence-corrected chi connectivity index (χ3v) is 5.07. The molecule has 0 bridgehead atoms. The Morgan fingerprint density at radius 1 is 1.10 bits per heavy atom. The highest BCUT2D eigenvalue weighted by atomic mass is 16.5. The lowest BCUT2D eigenvalue weighted by Crippen LogP contribution is -2.12. The average Bonchev–Trinajstić information content (AvgIpc) is 2.65. The third-order valence-electron chi connectivity index (χ3n) is 5.07. The molecule has 0 spiro atoms. The van der Waals surface area contributed by atoms with E-state index in [0.29, 0.717) is 23.5 Å². The third kappa shape index (κ3) is 4.86. The molecule has 5 nitrogen and oxygen atoms in total. The molecule has 0 unspecified atom stereocenters. The van der Waals surface area contributed by atoms with Crippen molar-refractivity contribution in [3.05, 3.63) is 75.1 Å². The predicted octanol–water partition coefficient (Wildman–Crippen LogP) is 5.00. The summed E-state index contributed by atoms with van der Waals surface area (Å²) in [4.78, 5) is 23.1. The molecule has 0 aliphatic rings. The molecule has 1 N–H and O–H groups in total. The van der Waals surface area contributed by atoms with Gasteiger partial charge in [0.1, 0.15) is 17.9 Å². The van der Waals surface area contributed by atoms with Gasteiger partial charge in [-0.05, 0) is 47.6 Å². The molecule has 0 aliphatic carbocycles. The topological polar surface area (TPSA) is 76.7 Å². The van der Waals surface area contributed by atoms with Crippen LogP contribution in [-0.2, 0) is 23.2 Å². The maximum atomic E-state index is 12.3. The Morgan fingerprint density at radius 3 is 2.41 bits per heavy atom. The molecule has 0 saturated carbocycles. The minimum atomic E-state index is -0.942. The number of carbonyl (C=O) groups is 1. The lowest BCUT2D eigenvalue weighted by molar-refractivity contribution is -0.136. The van der Waals surface area contributed by atoms with Crippen molar-refractivity contribution in [2.45, 2.75) is 52.6 Å². The van der Waals surface area contributed by atoms with Gasteiger partial charge < -0.3 is 14.3 Å². The number of carboxylic acids is 1. The quantitative estimate of drug-likeness (QED) is 0.596. The lowest BCUT2D eigenvalue weighted by Gasteiger charge is -2.19. The van der Waals surface area contributed by atoms with Gasteiger partial charge in [0.2, 0.25) is 0 Å². The summed E-state index contributed by atoms with van der Waals surface area (Å²) in [6.45, 7) is 8.76.